The highest BCUT2D eigenvalue weighted by atomic mass is 16.5. The molecule has 2 unspecified atom stereocenters. The molecular formula is C12H23NO. The van der Waals surface area contributed by atoms with Crippen molar-refractivity contribution in [2.45, 2.75) is 52.1 Å². The molecule has 0 aromatic heterocycles. The first-order valence-electron chi connectivity index (χ1n) is 5.93. The summed E-state index contributed by atoms with van der Waals surface area (Å²) in [5, 5.41) is 3.76. The SMILES string of the molecule is CC(NC1CCOCC1)C1CC1(C)C. The van der Waals surface area contributed by atoms with Gasteiger partial charge in [0.25, 0.3) is 0 Å². The van der Waals surface area contributed by atoms with E-state index in [2.05, 4.69) is 26.1 Å². The standard InChI is InChI=1S/C12H23NO/c1-9(11-8-12(11,2)3)13-10-4-6-14-7-5-10/h9-11,13H,4-8H2,1-3H3. The fraction of sp³-hybridized carbons (Fsp3) is 1.00. The van der Waals surface area contributed by atoms with E-state index in [9.17, 15) is 0 Å². The zero-order valence-electron chi connectivity index (χ0n) is 9.68. The number of ether oxygens (including phenoxy) is 1. The van der Waals surface area contributed by atoms with Crippen LogP contribution in [0.2, 0.25) is 0 Å². The maximum atomic E-state index is 5.36. The average Bonchev–Trinajstić information content (AvgIpc) is 2.77. The Kier molecular flexibility index (Phi) is 2.85. The van der Waals surface area contributed by atoms with Gasteiger partial charge in [0, 0.05) is 25.3 Å². The molecule has 1 aliphatic carbocycles. The molecule has 82 valence electrons. The molecule has 2 fully saturated rings. The van der Waals surface area contributed by atoms with Gasteiger partial charge in [-0.05, 0) is 37.5 Å². The molecule has 14 heavy (non-hydrogen) atoms. The summed E-state index contributed by atoms with van der Waals surface area (Å²) >= 11 is 0. The van der Waals surface area contributed by atoms with E-state index in [1.165, 1.54) is 19.3 Å². The summed E-state index contributed by atoms with van der Waals surface area (Å²) in [4.78, 5) is 0. The molecule has 0 radical (unpaired) electrons. The van der Waals surface area contributed by atoms with Gasteiger partial charge >= 0.3 is 0 Å². The van der Waals surface area contributed by atoms with Crippen LogP contribution in [0.15, 0.2) is 0 Å². The van der Waals surface area contributed by atoms with Gasteiger partial charge in [0.2, 0.25) is 0 Å². The maximum Gasteiger partial charge on any atom is 0.0480 e. The second kappa shape index (κ2) is 3.82. The van der Waals surface area contributed by atoms with Gasteiger partial charge in [-0.3, -0.25) is 0 Å². The summed E-state index contributed by atoms with van der Waals surface area (Å²) < 4.78 is 5.36. The van der Waals surface area contributed by atoms with Crippen molar-refractivity contribution in [3.05, 3.63) is 0 Å². The first kappa shape index (κ1) is 10.4. The monoisotopic (exact) mass is 197 g/mol. The first-order valence-corrected chi connectivity index (χ1v) is 5.93. The third-order valence-electron chi connectivity index (χ3n) is 3.91. The largest absolute Gasteiger partial charge is 0.381 e. The van der Waals surface area contributed by atoms with Gasteiger partial charge in [-0.1, -0.05) is 13.8 Å². The highest BCUT2D eigenvalue weighted by Gasteiger charge is 2.48. The van der Waals surface area contributed by atoms with Crippen LogP contribution >= 0.6 is 0 Å². The molecule has 0 aromatic rings. The molecule has 0 aromatic carbocycles. The van der Waals surface area contributed by atoms with E-state index in [0.717, 1.165) is 19.1 Å². The molecule has 2 nitrogen and oxygen atoms in total. The lowest BCUT2D eigenvalue weighted by Gasteiger charge is -2.27. The third kappa shape index (κ3) is 2.29. The van der Waals surface area contributed by atoms with Gasteiger partial charge in [0.1, 0.15) is 0 Å². The van der Waals surface area contributed by atoms with Gasteiger partial charge in [-0.15, -0.1) is 0 Å². The summed E-state index contributed by atoms with van der Waals surface area (Å²) in [6.07, 6.45) is 3.78. The van der Waals surface area contributed by atoms with Crippen molar-refractivity contribution < 1.29 is 4.74 Å². The second-order valence-electron chi connectivity index (χ2n) is 5.64. The van der Waals surface area contributed by atoms with E-state index in [1.54, 1.807) is 0 Å². The number of nitrogens with one attached hydrogen (secondary N) is 1. The van der Waals surface area contributed by atoms with E-state index >= 15 is 0 Å². The third-order valence-corrected chi connectivity index (χ3v) is 3.91. The Morgan fingerprint density at radius 3 is 2.36 bits per heavy atom. The second-order valence-corrected chi connectivity index (χ2v) is 5.64. The Balaban J connectivity index is 1.74. The lowest BCUT2D eigenvalue weighted by Crippen LogP contribution is -2.41. The Morgan fingerprint density at radius 2 is 1.86 bits per heavy atom. The Morgan fingerprint density at radius 1 is 1.29 bits per heavy atom. The molecule has 1 N–H and O–H groups in total. The lowest BCUT2D eigenvalue weighted by atomic mass is 10.0. The van der Waals surface area contributed by atoms with Crippen LogP contribution in [-0.2, 0) is 4.74 Å². The predicted molar refractivity (Wildman–Crippen MR) is 58.3 cm³/mol. The van der Waals surface area contributed by atoms with Crippen LogP contribution in [0.4, 0.5) is 0 Å². The van der Waals surface area contributed by atoms with Crippen molar-refractivity contribution >= 4 is 0 Å². The van der Waals surface area contributed by atoms with Crippen LogP contribution in [0.3, 0.4) is 0 Å². The van der Waals surface area contributed by atoms with E-state index in [0.29, 0.717) is 17.5 Å². The molecule has 1 saturated carbocycles. The van der Waals surface area contributed by atoms with E-state index in [4.69, 9.17) is 4.74 Å². The van der Waals surface area contributed by atoms with E-state index in [-0.39, 0.29) is 0 Å². The van der Waals surface area contributed by atoms with Crippen LogP contribution in [0.5, 0.6) is 0 Å². The van der Waals surface area contributed by atoms with Crippen molar-refractivity contribution in [2.24, 2.45) is 11.3 Å². The van der Waals surface area contributed by atoms with Gasteiger partial charge in [0.05, 0.1) is 0 Å². The fourth-order valence-electron chi connectivity index (χ4n) is 2.71. The Bertz CT molecular complexity index is 196. The average molecular weight is 197 g/mol. The quantitative estimate of drug-likeness (QED) is 0.749. The molecule has 2 atom stereocenters. The van der Waals surface area contributed by atoms with Gasteiger partial charge in [-0.25, -0.2) is 0 Å². The van der Waals surface area contributed by atoms with Crippen LogP contribution in [0, 0.1) is 11.3 Å². The van der Waals surface area contributed by atoms with Crippen LogP contribution in [0.1, 0.15) is 40.0 Å². The van der Waals surface area contributed by atoms with Gasteiger partial charge < -0.3 is 10.1 Å². The molecule has 1 saturated heterocycles. The van der Waals surface area contributed by atoms with E-state index in [1.807, 2.05) is 0 Å². The molecular weight excluding hydrogens is 174 g/mol. The van der Waals surface area contributed by atoms with Crippen molar-refractivity contribution in [1.82, 2.24) is 5.32 Å². The summed E-state index contributed by atoms with van der Waals surface area (Å²) in [6.45, 7) is 8.98. The van der Waals surface area contributed by atoms with Crippen molar-refractivity contribution in [2.75, 3.05) is 13.2 Å². The summed E-state index contributed by atoms with van der Waals surface area (Å²) in [5.41, 5.74) is 0.595. The molecule has 1 aliphatic heterocycles. The molecule has 2 aliphatic rings. The van der Waals surface area contributed by atoms with Gasteiger partial charge in [-0.2, -0.15) is 0 Å². The summed E-state index contributed by atoms with van der Waals surface area (Å²) in [7, 11) is 0. The van der Waals surface area contributed by atoms with Crippen LogP contribution < -0.4 is 5.32 Å². The van der Waals surface area contributed by atoms with Crippen molar-refractivity contribution in [1.29, 1.82) is 0 Å². The predicted octanol–water partition coefficient (Wildman–Crippen LogP) is 2.19. The molecule has 0 amide bonds. The summed E-state index contributed by atoms with van der Waals surface area (Å²) in [5.74, 6) is 0.894. The van der Waals surface area contributed by atoms with Crippen molar-refractivity contribution in [3.63, 3.8) is 0 Å². The summed E-state index contributed by atoms with van der Waals surface area (Å²) in [6, 6.07) is 1.39. The minimum absolute atomic E-state index is 0.595. The number of hydrogen-bond acceptors (Lipinski definition) is 2. The molecule has 2 heteroatoms. The minimum atomic E-state index is 0.595. The minimum Gasteiger partial charge on any atom is -0.381 e. The Hall–Kier alpha value is -0.0800. The molecule has 2 rings (SSSR count). The molecule has 1 heterocycles. The zero-order chi connectivity index (χ0) is 10.2. The topological polar surface area (TPSA) is 21.3 Å². The number of rotatable bonds is 3. The van der Waals surface area contributed by atoms with Crippen molar-refractivity contribution in [3.8, 4) is 0 Å². The van der Waals surface area contributed by atoms with Crippen LogP contribution in [-0.4, -0.2) is 25.3 Å². The Labute approximate surface area is 87.4 Å². The fourth-order valence-corrected chi connectivity index (χ4v) is 2.71. The number of hydrogen-bond donors (Lipinski definition) is 1. The first-order chi connectivity index (χ1) is 6.59. The van der Waals surface area contributed by atoms with Crippen LogP contribution in [0.25, 0.3) is 0 Å². The highest BCUT2D eigenvalue weighted by Crippen LogP contribution is 2.53. The highest BCUT2D eigenvalue weighted by molar-refractivity contribution is 5.01. The lowest BCUT2D eigenvalue weighted by molar-refractivity contribution is 0.0742. The zero-order valence-corrected chi connectivity index (χ0v) is 9.68. The molecule has 0 spiro atoms. The van der Waals surface area contributed by atoms with E-state index < -0.39 is 0 Å². The normalized spacial score (nSPS) is 34.1. The smallest absolute Gasteiger partial charge is 0.0480 e. The molecule has 0 bridgehead atoms. The maximum absolute atomic E-state index is 5.36. The van der Waals surface area contributed by atoms with Gasteiger partial charge in [0.15, 0.2) is 0 Å².